The van der Waals surface area contributed by atoms with E-state index in [2.05, 4.69) is 52.0 Å². The predicted molar refractivity (Wildman–Crippen MR) is 88.7 cm³/mol. The molecule has 0 bridgehead atoms. The minimum atomic E-state index is -0.632. The van der Waals surface area contributed by atoms with E-state index in [4.69, 9.17) is 0 Å². The van der Waals surface area contributed by atoms with E-state index in [0.29, 0.717) is 5.92 Å². The molecule has 0 aromatic heterocycles. The van der Waals surface area contributed by atoms with Crippen LogP contribution in [0.3, 0.4) is 0 Å². The Morgan fingerprint density at radius 3 is 2.33 bits per heavy atom. The van der Waals surface area contributed by atoms with Crippen LogP contribution in [-0.2, 0) is 4.79 Å². The molecule has 0 spiro atoms. The summed E-state index contributed by atoms with van der Waals surface area (Å²) in [6.45, 7) is 8.88. The molecule has 1 aliphatic rings. The molecule has 1 aromatic rings. The zero-order valence-corrected chi connectivity index (χ0v) is 14.2. The normalized spacial score (nSPS) is 26.6. The summed E-state index contributed by atoms with van der Waals surface area (Å²) in [5.74, 6) is -0.238. The van der Waals surface area contributed by atoms with Gasteiger partial charge in [0.15, 0.2) is 0 Å². The molecule has 0 amide bonds. The Hall–Kier alpha value is -0.960. The number of rotatable bonds is 3. The Kier molecular flexibility index (Phi) is 5.03. The van der Waals surface area contributed by atoms with Gasteiger partial charge in [0.1, 0.15) is 0 Å². The highest BCUT2D eigenvalue weighted by Gasteiger charge is 2.39. The fourth-order valence-corrected chi connectivity index (χ4v) is 4.51. The third-order valence-corrected chi connectivity index (χ3v) is 6.01. The Morgan fingerprint density at radius 1 is 1.19 bits per heavy atom. The van der Waals surface area contributed by atoms with E-state index < -0.39 is 5.97 Å². The topological polar surface area (TPSA) is 37.3 Å². The largest absolute Gasteiger partial charge is 0.481 e. The standard InChI is InChI=1S/C18H26O2S/c1-12-5-8-14(9-6-12)21-16-11-13(18(2,3)4)7-10-15(16)17(19)20/h5-6,8-9,13,15-16H,7,10-11H2,1-4H3,(H,19,20). The molecule has 21 heavy (non-hydrogen) atoms. The van der Waals surface area contributed by atoms with Crippen molar-refractivity contribution in [1.29, 1.82) is 0 Å². The fourth-order valence-electron chi connectivity index (χ4n) is 3.12. The number of aryl methyl sites for hydroxylation is 1. The molecule has 1 saturated carbocycles. The Balaban J connectivity index is 2.14. The van der Waals surface area contributed by atoms with Crippen LogP contribution in [0.25, 0.3) is 0 Å². The highest BCUT2D eigenvalue weighted by molar-refractivity contribution is 8.00. The number of hydrogen-bond acceptors (Lipinski definition) is 2. The van der Waals surface area contributed by atoms with Crippen LogP contribution >= 0.6 is 11.8 Å². The lowest BCUT2D eigenvalue weighted by Gasteiger charge is -2.40. The SMILES string of the molecule is Cc1ccc(SC2CC(C(C)(C)C)CCC2C(=O)O)cc1. The lowest BCUT2D eigenvalue weighted by atomic mass is 9.69. The van der Waals surface area contributed by atoms with E-state index in [9.17, 15) is 9.90 Å². The molecule has 1 N–H and O–H groups in total. The molecule has 2 rings (SSSR count). The van der Waals surface area contributed by atoms with Crippen molar-refractivity contribution in [2.24, 2.45) is 17.3 Å². The van der Waals surface area contributed by atoms with Crippen molar-refractivity contribution in [3.8, 4) is 0 Å². The van der Waals surface area contributed by atoms with E-state index in [1.54, 1.807) is 11.8 Å². The van der Waals surface area contributed by atoms with Crippen LogP contribution in [-0.4, -0.2) is 16.3 Å². The van der Waals surface area contributed by atoms with Crippen LogP contribution in [0.1, 0.15) is 45.6 Å². The van der Waals surface area contributed by atoms with Gasteiger partial charge in [0.2, 0.25) is 0 Å². The maximum atomic E-state index is 11.6. The van der Waals surface area contributed by atoms with Crippen molar-refractivity contribution >= 4 is 17.7 Å². The summed E-state index contributed by atoms with van der Waals surface area (Å²) >= 11 is 1.75. The molecule has 0 heterocycles. The first kappa shape index (κ1) is 16.4. The number of carboxylic acids is 1. The highest BCUT2D eigenvalue weighted by atomic mass is 32.2. The minimum Gasteiger partial charge on any atom is -0.481 e. The van der Waals surface area contributed by atoms with Crippen LogP contribution in [0.2, 0.25) is 0 Å². The molecule has 1 aliphatic carbocycles. The number of benzene rings is 1. The number of hydrogen-bond donors (Lipinski definition) is 1. The molecule has 3 atom stereocenters. The van der Waals surface area contributed by atoms with Gasteiger partial charge in [-0.25, -0.2) is 0 Å². The summed E-state index contributed by atoms with van der Waals surface area (Å²) < 4.78 is 0. The van der Waals surface area contributed by atoms with Gasteiger partial charge in [-0.3, -0.25) is 4.79 Å². The molecular formula is C18H26O2S. The zero-order valence-electron chi connectivity index (χ0n) is 13.4. The van der Waals surface area contributed by atoms with Gasteiger partial charge >= 0.3 is 5.97 Å². The second-order valence-corrected chi connectivity index (χ2v) is 8.60. The van der Waals surface area contributed by atoms with Gasteiger partial charge in [0.05, 0.1) is 5.92 Å². The first-order valence-electron chi connectivity index (χ1n) is 7.73. The van der Waals surface area contributed by atoms with E-state index in [0.717, 1.165) is 19.3 Å². The van der Waals surface area contributed by atoms with Crippen LogP contribution in [0, 0.1) is 24.2 Å². The van der Waals surface area contributed by atoms with E-state index in [-0.39, 0.29) is 16.6 Å². The molecule has 3 heteroatoms. The highest BCUT2D eigenvalue weighted by Crippen LogP contribution is 2.45. The molecule has 0 aliphatic heterocycles. The van der Waals surface area contributed by atoms with E-state index >= 15 is 0 Å². The summed E-state index contributed by atoms with van der Waals surface area (Å²) in [7, 11) is 0. The lowest BCUT2D eigenvalue weighted by Crippen LogP contribution is -2.37. The average molecular weight is 306 g/mol. The lowest BCUT2D eigenvalue weighted by molar-refractivity contribution is -0.143. The number of carboxylic acid groups (broad SMARTS) is 1. The van der Waals surface area contributed by atoms with Gasteiger partial charge < -0.3 is 5.11 Å². The maximum absolute atomic E-state index is 11.6. The molecule has 3 unspecified atom stereocenters. The summed E-state index contributed by atoms with van der Waals surface area (Å²) in [6.07, 6.45) is 2.84. The molecule has 1 fully saturated rings. The third-order valence-electron chi connectivity index (χ3n) is 4.64. The van der Waals surface area contributed by atoms with Crippen LogP contribution in [0.15, 0.2) is 29.2 Å². The Bertz CT molecular complexity index is 487. The number of thioether (sulfide) groups is 1. The van der Waals surface area contributed by atoms with Gasteiger partial charge in [-0.2, -0.15) is 0 Å². The molecule has 2 nitrogen and oxygen atoms in total. The van der Waals surface area contributed by atoms with Gasteiger partial charge in [-0.1, -0.05) is 38.5 Å². The summed E-state index contributed by atoms with van der Waals surface area (Å²) in [4.78, 5) is 12.7. The maximum Gasteiger partial charge on any atom is 0.307 e. The van der Waals surface area contributed by atoms with Crippen molar-refractivity contribution < 1.29 is 9.90 Å². The molecule has 1 aromatic carbocycles. The van der Waals surface area contributed by atoms with Crippen molar-refractivity contribution in [1.82, 2.24) is 0 Å². The molecule has 116 valence electrons. The zero-order chi connectivity index (χ0) is 15.6. The Morgan fingerprint density at radius 2 is 1.81 bits per heavy atom. The third kappa shape index (κ3) is 4.26. The average Bonchev–Trinajstić information content (AvgIpc) is 2.40. The van der Waals surface area contributed by atoms with Crippen LogP contribution in [0.4, 0.5) is 0 Å². The van der Waals surface area contributed by atoms with Crippen molar-refractivity contribution in [3.63, 3.8) is 0 Å². The fraction of sp³-hybridized carbons (Fsp3) is 0.611. The van der Waals surface area contributed by atoms with Gasteiger partial charge in [0, 0.05) is 10.1 Å². The van der Waals surface area contributed by atoms with Crippen molar-refractivity contribution in [3.05, 3.63) is 29.8 Å². The van der Waals surface area contributed by atoms with Gasteiger partial charge in [-0.15, -0.1) is 11.8 Å². The van der Waals surface area contributed by atoms with Gasteiger partial charge in [-0.05, 0) is 49.7 Å². The summed E-state index contributed by atoms with van der Waals surface area (Å²) in [5, 5.41) is 9.69. The summed E-state index contributed by atoms with van der Waals surface area (Å²) in [5.41, 5.74) is 1.50. The molecule has 0 radical (unpaired) electrons. The predicted octanol–water partition coefficient (Wildman–Crippen LogP) is 5.00. The smallest absolute Gasteiger partial charge is 0.307 e. The van der Waals surface area contributed by atoms with Gasteiger partial charge in [0.25, 0.3) is 0 Å². The van der Waals surface area contributed by atoms with Crippen molar-refractivity contribution in [2.75, 3.05) is 0 Å². The van der Waals surface area contributed by atoms with Crippen LogP contribution < -0.4 is 0 Å². The number of aliphatic carboxylic acids is 1. The quantitative estimate of drug-likeness (QED) is 0.853. The van der Waals surface area contributed by atoms with Crippen LogP contribution in [0.5, 0.6) is 0 Å². The molecule has 0 saturated heterocycles. The van der Waals surface area contributed by atoms with E-state index in [1.165, 1.54) is 10.5 Å². The number of carbonyl (C=O) groups is 1. The molecular weight excluding hydrogens is 280 g/mol. The minimum absolute atomic E-state index is 0.184. The first-order chi connectivity index (χ1) is 9.77. The summed E-state index contributed by atoms with van der Waals surface area (Å²) in [6, 6.07) is 8.42. The van der Waals surface area contributed by atoms with E-state index in [1.807, 2.05) is 0 Å². The van der Waals surface area contributed by atoms with Crippen molar-refractivity contribution in [2.45, 2.75) is 57.1 Å². The first-order valence-corrected chi connectivity index (χ1v) is 8.61. The second kappa shape index (κ2) is 6.43. The monoisotopic (exact) mass is 306 g/mol. The Labute approximate surface area is 132 Å². The second-order valence-electron chi connectivity index (χ2n) is 7.29.